The number of rotatable bonds is 1. The van der Waals surface area contributed by atoms with E-state index in [1.165, 1.54) is 12.3 Å². The van der Waals surface area contributed by atoms with Crippen LogP contribution in [0.2, 0.25) is 0 Å². The number of hydrogen-bond acceptors (Lipinski definition) is 1. The van der Waals surface area contributed by atoms with E-state index in [-0.39, 0.29) is 3.42 Å². The van der Waals surface area contributed by atoms with Gasteiger partial charge in [0.25, 0.3) is 0 Å². The van der Waals surface area contributed by atoms with E-state index in [4.69, 9.17) is 0 Å². The first-order valence-electron chi connectivity index (χ1n) is 3.94. The van der Waals surface area contributed by atoms with Crippen LogP contribution >= 0.6 is 22.6 Å². The van der Waals surface area contributed by atoms with E-state index in [0.717, 1.165) is 11.6 Å². The summed E-state index contributed by atoms with van der Waals surface area (Å²) in [5.74, 6) is 0. The zero-order valence-electron chi connectivity index (χ0n) is 7.69. The van der Waals surface area contributed by atoms with Crippen LogP contribution < -0.4 is 0 Å². The molecule has 14 heavy (non-hydrogen) atoms. The average Bonchev–Trinajstić information content (AvgIpc) is 2.01. The van der Waals surface area contributed by atoms with Crippen LogP contribution in [-0.4, -0.2) is 4.98 Å². The molecule has 0 radical (unpaired) electrons. The first-order chi connectivity index (χ1) is 6.21. The van der Waals surface area contributed by atoms with Crippen molar-refractivity contribution in [2.75, 3.05) is 0 Å². The summed E-state index contributed by atoms with van der Waals surface area (Å²) in [4.78, 5) is 3.39. The Labute approximate surface area is 93.9 Å². The van der Waals surface area contributed by atoms with Crippen molar-refractivity contribution in [3.05, 3.63) is 29.6 Å². The molecule has 0 aliphatic carbocycles. The topological polar surface area (TPSA) is 12.9 Å². The summed E-state index contributed by atoms with van der Waals surface area (Å²) in [6, 6.07) is 2.47. The Hall–Kier alpha value is -0.330. The standard InChI is InChI=1S/C9H9F3IN/c1-8(2,13)6-3-4-7(14-5-6)9(10,11)12/h3-5H,1-2H3. The zero-order valence-corrected chi connectivity index (χ0v) is 9.85. The molecule has 0 spiro atoms. The van der Waals surface area contributed by atoms with Crippen molar-refractivity contribution in [3.63, 3.8) is 0 Å². The third-order valence-electron chi connectivity index (χ3n) is 1.74. The van der Waals surface area contributed by atoms with Crippen molar-refractivity contribution >= 4 is 22.6 Å². The van der Waals surface area contributed by atoms with Gasteiger partial charge in [-0.3, -0.25) is 4.98 Å². The molecule has 1 nitrogen and oxygen atoms in total. The monoisotopic (exact) mass is 315 g/mol. The molecule has 0 N–H and O–H groups in total. The maximum absolute atomic E-state index is 12.2. The predicted octanol–water partition coefficient (Wildman–Crippen LogP) is 3.77. The molecule has 1 rings (SSSR count). The summed E-state index contributed by atoms with van der Waals surface area (Å²) in [6.45, 7) is 3.83. The van der Waals surface area contributed by atoms with Gasteiger partial charge >= 0.3 is 6.18 Å². The number of pyridine rings is 1. The van der Waals surface area contributed by atoms with Crippen LogP contribution in [0.1, 0.15) is 25.1 Å². The molecule has 0 amide bonds. The normalized spacial score (nSPS) is 13.0. The lowest BCUT2D eigenvalue weighted by molar-refractivity contribution is -0.141. The number of alkyl halides is 4. The van der Waals surface area contributed by atoms with Gasteiger partial charge in [-0.2, -0.15) is 13.2 Å². The molecule has 0 unspecified atom stereocenters. The molecule has 0 aromatic carbocycles. The third-order valence-corrected chi connectivity index (χ3v) is 2.36. The Morgan fingerprint density at radius 2 is 1.79 bits per heavy atom. The second-order valence-corrected chi connectivity index (χ2v) is 6.10. The number of halogens is 4. The van der Waals surface area contributed by atoms with Gasteiger partial charge in [0.05, 0.1) is 0 Å². The lowest BCUT2D eigenvalue weighted by Gasteiger charge is -2.16. The average molecular weight is 315 g/mol. The number of aromatic nitrogens is 1. The quantitative estimate of drug-likeness (QED) is 0.568. The lowest BCUT2D eigenvalue weighted by Crippen LogP contribution is -2.11. The predicted molar refractivity (Wildman–Crippen MR) is 56.3 cm³/mol. The minimum atomic E-state index is -4.35. The molecule has 0 atom stereocenters. The van der Waals surface area contributed by atoms with Gasteiger partial charge in [-0.05, 0) is 25.5 Å². The first-order valence-corrected chi connectivity index (χ1v) is 5.02. The van der Waals surface area contributed by atoms with Gasteiger partial charge in [0.2, 0.25) is 0 Å². The maximum Gasteiger partial charge on any atom is 0.433 e. The van der Waals surface area contributed by atoms with Gasteiger partial charge in [-0.15, -0.1) is 0 Å². The van der Waals surface area contributed by atoms with E-state index in [9.17, 15) is 13.2 Å². The van der Waals surface area contributed by atoms with Crippen LogP contribution in [0.5, 0.6) is 0 Å². The fourth-order valence-electron chi connectivity index (χ4n) is 0.913. The summed E-state index contributed by atoms with van der Waals surface area (Å²) in [7, 11) is 0. The van der Waals surface area contributed by atoms with Gasteiger partial charge in [-0.25, -0.2) is 0 Å². The lowest BCUT2D eigenvalue weighted by atomic mass is 10.1. The first kappa shape index (κ1) is 11.7. The molecule has 0 saturated carbocycles. The second-order valence-electron chi connectivity index (χ2n) is 3.40. The van der Waals surface area contributed by atoms with Crippen molar-refractivity contribution in [1.29, 1.82) is 0 Å². The minimum absolute atomic E-state index is 0.200. The van der Waals surface area contributed by atoms with Crippen LogP contribution in [0.4, 0.5) is 13.2 Å². The van der Waals surface area contributed by atoms with Crippen LogP contribution in [-0.2, 0) is 9.60 Å². The van der Waals surface area contributed by atoms with Gasteiger partial charge in [0.15, 0.2) is 0 Å². The van der Waals surface area contributed by atoms with Gasteiger partial charge in [0.1, 0.15) is 5.69 Å². The Kier molecular flexibility index (Phi) is 3.08. The fraction of sp³-hybridized carbons (Fsp3) is 0.444. The molecule has 0 fully saturated rings. The van der Waals surface area contributed by atoms with Crippen LogP contribution in [0.25, 0.3) is 0 Å². The van der Waals surface area contributed by atoms with Crippen LogP contribution in [0.15, 0.2) is 18.3 Å². The maximum atomic E-state index is 12.2. The third kappa shape index (κ3) is 2.83. The summed E-state index contributed by atoms with van der Waals surface area (Å²) < 4.78 is 36.3. The Morgan fingerprint density at radius 3 is 2.07 bits per heavy atom. The fourth-order valence-corrected chi connectivity index (χ4v) is 1.23. The second kappa shape index (κ2) is 3.67. The summed E-state index contributed by atoms with van der Waals surface area (Å²) in [6.07, 6.45) is -3.08. The summed E-state index contributed by atoms with van der Waals surface area (Å²) >= 11 is 2.15. The molecular formula is C9H9F3IN. The minimum Gasteiger partial charge on any atom is -0.251 e. The number of hydrogen-bond donors (Lipinski definition) is 0. The highest BCUT2D eigenvalue weighted by atomic mass is 127. The molecular weight excluding hydrogens is 306 g/mol. The largest absolute Gasteiger partial charge is 0.433 e. The van der Waals surface area contributed by atoms with E-state index >= 15 is 0 Å². The molecule has 1 aromatic rings. The Morgan fingerprint density at radius 1 is 1.21 bits per heavy atom. The summed E-state index contributed by atoms with van der Waals surface area (Å²) in [5.41, 5.74) is -0.0620. The molecule has 5 heteroatoms. The van der Waals surface area contributed by atoms with Crippen molar-refractivity contribution < 1.29 is 13.2 Å². The molecule has 78 valence electrons. The van der Waals surface area contributed by atoms with Crippen LogP contribution in [0, 0.1) is 0 Å². The van der Waals surface area contributed by atoms with Gasteiger partial charge in [-0.1, -0.05) is 28.7 Å². The van der Waals surface area contributed by atoms with E-state index in [1.807, 2.05) is 13.8 Å². The van der Waals surface area contributed by atoms with Gasteiger partial charge in [0, 0.05) is 9.62 Å². The van der Waals surface area contributed by atoms with Gasteiger partial charge < -0.3 is 0 Å². The van der Waals surface area contributed by atoms with Crippen molar-refractivity contribution in [2.24, 2.45) is 0 Å². The highest BCUT2D eigenvalue weighted by Gasteiger charge is 2.32. The molecule has 0 aliphatic heterocycles. The Balaban J connectivity index is 3.02. The van der Waals surface area contributed by atoms with E-state index in [1.54, 1.807) is 0 Å². The highest BCUT2D eigenvalue weighted by molar-refractivity contribution is 14.1. The molecule has 0 bridgehead atoms. The number of nitrogens with zero attached hydrogens (tertiary/aromatic N) is 1. The molecule has 1 heterocycles. The van der Waals surface area contributed by atoms with Crippen molar-refractivity contribution in [2.45, 2.75) is 23.4 Å². The van der Waals surface area contributed by atoms with Crippen molar-refractivity contribution in [1.82, 2.24) is 4.98 Å². The van der Waals surface area contributed by atoms with E-state index in [0.29, 0.717) is 0 Å². The van der Waals surface area contributed by atoms with E-state index in [2.05, 4.69) is 27.6 Å². The zero-order chi connectivity index (χ0) is 11.0. The Bertz CT molecular complexity index is 277. The highest BCUT2D eigenvalue weighted by Crippen LogP contribution is 2.32. The summed E-state index contributed by atoms with van der Waals surface area (Å²) in [5, 5.41) is 0. The smallest absolute Gasteiger partial charge is 0.251 e. The molecule has 0 saturated heterocycles. The molecule has 1 aromatic heterocycles. The molecule has 0 aliphatic rings. The SMILES string of the molecule is CC(C)(I)c1ccc(C(F)(F)F)nc1. The van der Waals surface area contributed by atoms with Crippen LogP contribution in [0.3, 0.4) is 0 Å². The van der Waals surface area contributed by atoms with Crippen molar-refractivity contribution in [3.8, 4) is 0 Å². The van der Waals surface area contributed by atoms with E-state index < -0.39 is 11.9 Å².